The lowest BCUT2D eigenvalue weighted by molar-refractivity contribution is 0.329. The van der Waals surface area contributed by atoms with E-state index in [1.54, 1.807) is 0 Å². The van der Waals surface area contributed by atoms with E-state index >= 15 is 0 Å². The zero-order chi connectivity index (χ0) is 13.7. The molecule has 4 nitrogen and oxygen atoms in total. The molecule has 1 aromatic carbocycles. The maximum Gasteiger partial charge on any atom is 0.231 e. The second-order valence-electron chi connectivity index (χ2n) is 5.50. The number of fused-ring (bicyclic) bond motifs is 2. The number of aromatic nitrogens is 2. The zero-order valence-electron chi connectivity index (χ0n) is 10.6. The predicted octanol–water partition coefficient (Wildman–Crippen LogP) is 2.62. The van der Waals surface area contributed by atoms with Crippen molar-refractivity contribution in [3.8, 4) is 11.4 Å². The molecule has 2 aliphatic rings. The topological polar surface area (TPSA) is 51.0 Å². The molecule has 0 saturated carbocycles. The number of nitrogens with one attached hydrogen (secondary N) is 1. The lowest BCUT2D eigenvalue weighted by Gasteiger charge is -2.15. The highest BCUT2D eigenvalue weighted by Crippen LogP contribution is 2.39. The highest BCUT2D eigenvalue weighted by molar-refractivity contribution is 5.54. The fourth-order valence-corrected chi connectivity index (χ4v) is 3.28. The molecule has 0 spiro atoms. The maximum absolute atomic E-state index is 13.2. The number of rotatable bonds is 2. The quantitative estimate of drug-likeness (QED) is 0.916. The minimum atomic E-state index is -0.645. The summed E-state index contributed by atoms with van der Waals surface area (Å²) in [5, 5.41) is 7.35. The van der Waals surface area contributed by atoms with Gasteiger partial charge in [-0.1, -0.05) is 5.16 Å². The summed E-state index contributed by atoms with van der Waals surface area (Å²) in [6, 6.07) is 4.15. The standard InChI is InChI=1S/C14H13F2N3O/c15-8-3-7(4-9(16)5-8)13-18-14(20-19-13)11-6-10-1-2-12(11)17-10/h3-5,10-12,17H,1-2,6H2. The van der Waals surface area contributed by atoms with Gasteiger partial charge < -0.3 is 9.84 Å². The molecular weight excluding hydrogens is 264 g/mol. The van der Waals surface area contributed by atoms with Crippen LogP contribution in [0.3, 0.4) is 0 Å². The van der Waals surface area contributed by atoms with Crippen LogP contribution in [0.5, 0.6) is 0 Å². The van der Waals surface area contributed by atoms with Gasteiger partial charge in [0.05, 0.1) is 5.92 Å². The van der Waals surface area contributed by atoms with Crippen LogP contribution >= 0.6 is 0 Å². The fraction of sp³-hybridized carbons (Fsp3) is 0.429. The van der Waals surface area contributed by atoms with Gasteiger partial charge in [-0.25, -0.2) is 8.78 Å². The van der Waals surface area contributed by atoms with Crippen LogP contribution in [-0.4, -0.2) is 22.2 Å². The summed E-state index contributed by atoms with van der Waals surface area (Å²) in [5.74, 6) is -0.278. The average molecular weight is 277 g/mol. The number of benzene rings is 1. The van der Waals surface area contributed by atoms with Gasteiger partial charge in [0.25, 0.3) is 0 Å². The Balaban J connectivity index is 1.65. The van der Waals surface area contributed by atoms with E-state index in [0.717, 1.165) is 18.9 Å². The molecule has 0 aliphatic carbocycles. The first kappa shape index (κ1) is 12.0. The van der Waals surface area contributed by atoms with Gasteiger partial charge >= 0.3 is 0 Å². The highest BCUT2D eigenvalue weighted by Gasteiger charge is 2.42. The van der Waals surface area contributed by atoms with E-state index in [-0.39, 0.29) is 11.7 Å². The van der Waals surface area contributed by atoms with Crippen molar-refractivity contribution >= 4 is 0 Å². The van der Waals surface area contributed by atoms with E-state index in [1.165, 1.54) is 18.6 Å². The Bertz CT molecular complexity index is 637. The summed E-state index contributed by atoms with van der Waals surface area (Å²) >= 11 is 0. The van der Waals surface area contributed by atoms with Crippen molar-refractivity contribution < 1.29 is 13.3 Å². The van der Waals surface area contributed by atoms with Crippen LogP contribution in [-0.2, 0) is 0 Å². The molecule has 2 aliphatic heterocycles. The van der Waals surface area contributed by atoms with Gasteiger partial charge in [-0.3, -0.25) is 0 Å². The van der Waals surface area contributed by atoms with E-state index in [9.17, 15) is 8.78 Å². The molecule has 3 atom stereocenters. The minimum Gasteiger partial charge on any atom is -0.339 e. The summed E-state index contributed by atoms with van der Waals surface area (Å²) in [6.07, 6.45) is 3.29. The normalized spacial score (nSPS) is 28.2. The van der Waals surface area contributed by atoms with E-state index in [2.05, 4.69) is 15.5 Å². The van der Waals surface area contributed by atoms with Crippen LogP contribution in [0, 0.1) is 11.6 Å². The monoisotopic (exact) mass is 277 g/mol. The molecule has 2 bridgehead atoms. The van der Waals surface area contributed by atoms with Crippen LogP contribution in [0.2, 0.25) is 0 Å². The van der Waals surface area contributed by atoms with Crippen molar-refractivity contribution in [1.82, 2.24) is 15.5 Å². The Morgan fingerprint density at radius 3 is 2.60 bits per heavy atom. The van der Waals surface area contributed by atoms with Gasteiger partial charge in [-0.05, 0) is 31.4 Å². The Hall–Kier alpha value is -1.82. The van der Waals surface area contributed by atoms with Gasteiger partial charge in [0.1, 0.15) is 11.6 Å². The first-order chi connectivity index (χ1) is 9.69. The predicted molar refractivity (Wildman–Crippen MR) is 67.0 cm³/mol. The summed E-state index contributed by atoms with van der Waals surface area (Å²) in [7, 11) is 0. The summed E-state index contributed by atoms with van der Waals surface area (Å²) < 4.78 is 31.7. The van der Waals surface area contributed by atoms with Gasteiger partial charge in [-0.15, -0.1) is 0 Å². The van der Waals surface area contributed by atoms with Crippen molar-refractivity contribution in [2.24, 2.45) is 0 Å². The smallest absolute Gasteiger partial charge is 0.231 e. The second-order valence-corrected chi connectivity index (χ2v) is 5.50. The molecular formula is C14H13F2N3O. The van der Waals surface area contributed by atoms with Crippen molar-refractivity contribution in [2.45, 2.75) is 37.3 Å². The first-order valence-corrected chi connectivity index (χ1v) is 6.75. The lowest BCUT2D eigenvalue weighted by Crippen LogP contribution is -2.21. The molecule has 2 fully saturated rings. The Morgan fingerprint density at radius 2 is 1.95 bits per heavy atom. The Labute approximate surface area is 114 Å². The van der Waals surface area contributed by atoms with E-state index in [0.29, 0.717) is 23.5 Å². The molecule has 1 N–H and O–H groups in total. The number of halogens is 2. The molecule has 0 radical (unpaired) electrons. The van der Waals surface area contributed by atoms with Crippen LogP contribution < -0.4 is 5.32 Å². The lowest BCUT2D eigenvalue weighted by atomic mass is 9.89. The molecule has 0 amide bonds. The summed E-state index contributed by atoms with van der Waals surface area (Å²) in [6.45, 7) is 0. The van der Waals surface area contributed by atoms with Crippen LogP contribution in [0.4, 0.5) is 8.78 Å². The minimum absolute atomic E-state index is 0.216. The number of nitrogens with zero attached hydrogens (tertiary/aromatic N) is 2. The van der Waals surface area contributed by atoms with E-state index in [1.807, 2.05) is 0 Å². The molecule has 104 valence electrons. The number of hydrogen-bond acceptors (Lipinski definition) is 4. The highest BCUT2D eigenvalue weighted by atomic mass is 19.1. The summed E-state index contributed by atoms with van der Waals surface area (Å²) in [5.41, 5.74) is 0.300. The van der Waals surface area contributed by atoms with Crippen LogP contribution in [0.15, 0.2) is 22.7 Å². The third-order valence-electron chi connectivity index (χ3n) is 4.18. The molecule has 20 heavy (non-hydrogen) atoms. The molecule has 3 unspecified atom stereocenters. The first-order valence-electron chi connectivity index (χ1n) is 6.75. The van der Waals surface area contributed by atoms with E-state index < -0.39 is 11.6 Å². The molecule has 2 aromatic rings. The average Bonchev–Trinajstić information content (AvgIpc) is 3.13. The number of hydrogen-bond donors (Lipinski definition) is 1. The van der Waals surface area contributed by atoms with Gasteiger partial charge in [0, 0.05) is 23.7 Å². The molecule has 3 heterocycles. The van der Waals surface area contributed by atoms with Crippen molar-refractivity contribution in [3.63, 3.8) is 0 Å². The summed E-state index contributed by atoms with van der Waals surface area (Å²) in [4.78, 5) is 4.31. The van der Waals surface area contributed by atoms with E-state index in [4.69, 9.17) is 4.52 Å². The fourth-order valence-electron chi connectivity index (χ4n) is 3.28. The second kappa shape index (κ2) is 4.34. The SMILES string of the molecule is Fc1cc(F)cc(-c2noc(C3CC4CCC3N4)n2)c1. The van der Waals surface area contributed by atoms with Crippen molar-refractivity contribution in [2.75, 3.05) is 0 Å². The third kappa shape index (κ3) is 1.91. The van der Waals surface area contributed by atoms with Crippen LogP contribution in [0.25, 0.3) is 11.4 Å². The largest absolute Gasteiger partial charge is 0.339 e. The van der Waals surface area contributed by atoms with Gasteiger partial charge in [-0.2, -0.15) is 4.98 Å². The van der Waals surface area contributed by atoms with Crippen molar-refractivity contribution in [1.29, 1.82) is 0 Å². The maximum atomic E-state index is 13.2. The van der Waals surface area contributed by atoms with Gasteiger partial charge in [0.15, 0.2) is 0 Å². The molecule has 6 heteroatoms. The Kier molecular flexibility index (Phi) is 2.60. The zero-order valence-corrected chi connectivity index (χ0v) is 10.6. The third-order valence-corrected chi connectivity index (χ3v) is 4.18. The Morgan fingerprint density at radius 1 is 1.15 bits per heavy atom. The molecule has 1 aromatic heterocycles. The van der Waals surface area contributed by atoms with Crippen LogP contribution in [0.1, 0.15) is 31.1 Å². The molecule has 2 saturated heterocycles. The van der Waals surface area contributed by atoms with Crippen molar-refractivity contribution in [3.05, 3.63) is 35.7 Å². The van der Waals surface area contributed by atoms with Gasteiger partial charge in [0.2, 0.25) is 11.7 Å². The molecule has 4 rings (SSSR count).